The Morgan fingerprint density at radius 3 is 2.13 bits per heavy atom. The Labute approximate surface area is 231 Å². The van der Waals surface area contributed by atoms with E-state index in [0.29, 0.717) is 6.54 Å². The number of rotatable bonds is 9. The zero-order chi connectivity index (χ0) is 27.2. The van der Waals surface area contributed by atoms with Crippen molar-refractivity contribution in [1.82, 2.24) is 4.90 Å². The largest absolute Gasteiger partial charge is 0.392 e. The Morgan fingerprint density at radius 2 is 1.44 bits per heavy atom. The molecule has 1 saturated heterocycles. The molecule has 1 aliphatic rings. The van der Waals surface area contributed by atoms with E-state index in [4.69, 9.17) is 15.2 Å². The summed E-state index contributed by atoms with van der Waals surface area (Å²) < 4.78 is 13.3. The molecule has 5 heteroatoms. The van der Waals surface area contributed by atoms with Gasteiger partial charge in [0, 0.05) is 31.1 Å². The summed E-state index contributed by atoms with van der Waals surface area (Å²) in [6, 6.07) is 35.4. The molecule has 3 N–H and O–H groups in total. The predicted molar refractivity (Wildman–Crippen MR) is 156 cm³/mol. The molecule has 1 aliphatic heterocycles. The molecule has 0 bridgehead atoms. The molecule has 0 amide bonds. The number of aliphatic hydroxyl groups excluding tert-OH is 1. The van der Waals surface area contributed by atoms with Crippen LogP contribution >= 0.6 is 0 Å². The summed E-state index contributed by atoms with van der Waals surface area (Å²) in [6.07, 6.45) is -0.642. The summed E-state index contributed by atoms with van der Waals surface area (Å²) in [5.41, 5.74) is 13.5. The van der Waals surface area contributed by atoms with E-state index in [9.17, 15) is 5.11 Å². The van der Waals surface area contributed by atoms with Crippen molar-refractivity contribution < 1.29 is 14.6 Å². The van der Waals surface area contributed by atoms with Gasteiger partial charge in [-0.3, -0.25) is 4.90 Å². The lowest BCUT2D eigenvalue weighted by atomic mass is 9.90. The molecule has 1 fully saturated rings. The molecule has 4 aromatic carbocycles. The van der Waals surface area contributed by atoms with Crippen molar-refractivity contribution in [2.24, 2.45) is 11.7 Å². The van der Waals surface area contributed by atoms with E-state index in [1.54, 1.807) is 0 Å². The van der Waals surface area contributed by atoms with Crippen LogP contribution in [0.15, 0.2) is 103 Å². The molecule has 202 valence electrons. The van der Waals surface area contributed by atoms with Gasteiger partial charge in [-0.1, -0.05) is 104 Å². The van der Waals surface area contributed by atoms with Crippen LogP contribution in [0.4, 0.5) is 0 Å². The fraction of sp³-hybridized carbons (Fsp3) is 0.294. The minimum Gasteiger partial charge on any atom is -0.392 e. The average Bonchev–Trinajstić information content (AvgIpc) is 2.99. The molecule has 0 spiro atoms. The number of likely N-dealkylation sites (N-methyl/N-ethyl adjacent to an activating group) is 1. The molecule has 4 aromatic rings. The molecule has 39 heavy (non-hydrogen) atoms. The molecule has 5 nitrogen and oxygen atoms in total. The third-order valence-corrected chi connectivity index (χ3v) is 7.59. The summed E-state index contributed by atoms with van der Waals surface area (Å²) in [4.78, 5) is 2.32. The topological polar surface area (TPSA) is 68.0 Å². The zero-order valence-electron chi connectivity index (χ0n) is 22.7. The molecular formula is C34H38N2O3. The third kappa shape index (κ3) is 6.64. The first-order valence-corrected chi connectivity index (χ1v) is 13.7. The summed E-state index contributed by atoms with van der Waals surface area (Å²) >= 11 is 0. The van der Waals surface area contributed by atoms with Gasteiger partial charge in [0.2, 0.25) is 0 Å². The zero-order valence-corrected chi connectivity index (χ0v) is 22.7. The van der Waals surface area contributed by atoms with Gasteiger partial charge in [-0.25, -0.2) is 0 Å². The molecule has 4 unspecified atom stereocenters. The van der Waals surface area contributed by atoms with Crippen molar-refractivity contribution in [1.29, 1.82) is 0 Å². The molecule has 5 rings (SSSR count). The van der Waals surface area contributed by atoms with E-state index < -0.39 is 6.29 Å². The Bertz CT molecular complexity index is 1320. The van der Waals surface area contributed by atoms with E-state index >= 15 is 0 Å². The van der Waals surface area contributed by atoms with Gasteiger partial charge >= 0.3 is 0 Å². The number of nitrogens with two attached hydrogens (primary N) is 1. The van der Waals surface area contributed by atoms with E-state index in [-0.39, 0.29) is 24.7 Å². The molecule has 0 saturated carbocycles. The Morgan fingerprint density at radius 1 is 0.744 bits per heavy atom. The van der Waals surface area contributed by atoms with E-state index in [1.807, 2.05) is 30.3 Å². The smallest absolute Gasteiger partial charge is 0.184 e. The molecule has 0 aromatic heterocycles. The molecule has 0 radical (unpaired) electrons. The minimum absolute atomic E-state index is 0.0270. The Balaban J connectivity index is 1.38. The van der Waals surface area contributed by atoms with Gasteiger partial charge in [0.05, 0.1) is 18.8 Å². The number of hydrogen-bond acceptors (Lipinski definition) is 5. The van der Waals surface area contributed by atoms with E-state index in [0.717, 1.165) is 46.5 Å². The van der Waals surface area contributed by atoms with Gasteiger partial charge in [-0.15, -0.1) is 0 Å². The third-order valence-electron chi connectivity index (χ3n) is 7.59. The van der Waals surface area contributed by atoms with Crippen molar-refractivity contribution in [2.75, 3.05) is 13.6 Å². The number of aliphatic hydroxyl groups is 1. The monoisotopic (exact) mass is 522 g/mol. The first kappa shape index (κ1) is 27.3. The van der Waals surface area contributed by atoms with Crippen molar-refractivity contribution in [3.8, 4) is 11.1 Å². The van der Waals surface area contributed by atoms with Crippen molar-refractivity contribution in [3.05, 3.63) is 131 Å². The van der Waals surface area contributed by atoms with Crippen LogP contribution in [-0.4, -0.2) is 29.7 Å². The molecule has 1 heterocycles. The molecular weight excluding hydrogens is 484 g/mol. The van der Waals surface area contributed by atoms with E-state index in [2.05, 4.69) is 91.7 Å². The molecule has 4 atom stereocenters. The van der Waals surface area contributed by atoms with Crippen LogP contribution in [0.2, 0.25) is 0 Å². The maximum atomic E-state index is 9.51. The average molecular weight is 523 g/mol. The second-order valence-electron chi connectivity index (χ2n) is 10.5. The van der Waals surface area contributed by atoms with E-state index in [1.165, 1.54) is 5.56 Å². The highest BCUT2D eigenvalue weighted by Gasteiger charge is 2.38. The van der Waals surface area contributed by atoms with Crippen LogP contribution < -0.4 is 5.73 Å². The van der Waals surface area contributed by atoms with Gasteiger partial charge in [0.15, 0.2) is 6.29 Å². The highest BCUT2D eigenvalue weighted by atomic mass is 16.7. The van der Waals surface area contributed by atoms with Crippen LogP contribution in [0.3, 0.4) is 0 Å². The van der Waals surface area contributed by atoms with Gasteiger partial charge < -0.3 is 20.3 Å². The van der Waals surface area contributed by atoms with Crippen molar-refractivity contribution in [3.63, 3.8) is 0 Å². The van der Waals surface area contributed by atoms with Crippen LogP contribution in [-0.2, 0) is 29.2 Å². The van der Waals surface area contributed by atoms with Crippen molar-refractivity contribution >= 4 is 0 Å². The number of nitrogens with zero attached hydrogens (tertiary/aromatic N) is 1. The normalized spacial score (nSPS) is 21.3. The summed E-state index contributed by atoms with van der Waals surface area (Å²) in [5.74, 6) is 0.137. The lowest BCUT2D eigenvalue weighted by molar-refractivity contribution is -0.276. The fourth-order valence-corrected chi connectivity index (χ4v) is 5.31. The Kier molecular flexibility index (Phi) is 8.87. The van der Waals surface area contributed by atoms with Gasteiger partial charge in [0.1, 0.15) is 0 Å². The van der Waals surface area contributed by atoms with Gasteiger partial charge in [-0.05, 0) is 46.5 Å². The second-order valence-corrected chi connectivity index (χ2v) is 10.5. The van der Waals surface area contributed by atoms with Crippen LogP contribution in [0, 0.1) is 5.92 Å². The lowest BCUT2D eigenvalue weighted by Crippen LogP contribution is -2.43. The second kappa shape index (κ2) is 12.7. The summed E-state index contributed by atoms with van der Waals surface area (Å²) in [5, 5.41) is 9.51. The SMILES string of the molecule is CC1C(CN(C)Cc2ccccc2)OC(c2ccc(-c3cccc(CN)c3)cc2)OC1c1ccc(CO)cc1. The number of ether oxygens (including phenoxy) is 2. The van der Waals surface area contributed by atoms with Crippen LogP contribution in [0.25, 0.3) is 11.1 Å². The Hall–Kier alpha value is -3.32. The summed E-state index contributed by atoms with van der Waals surface area (Å²) in [7, 11) is 2.14. The molecule has 0 aliphatic carbocycles. The maximum Gasteiger partial charge on any atom is 0.184 e. The fourth-order valence-electron chi connectivity index (χ4n) is 5.31. The first-order chi connectivity index (χ1) is 19.0. The van der Waals surface area contributed by atoms with Gasteiger partial charge in [0.25, 0.3) is 0 Å². The standard InChI is InChI=1S/C34H38N2O3/c1-24-32(22-36(2)21-25-7-4-3-5-8-25)38-34(39-33(24)29-13-11-26(23-37)12-14-29)30-17-15-28(16-18-30)31-10-6-9-27(19-31)20-35/h3-19,24,32-34,37H,20-23,35H2,1-2H3. The highest BCUT2D eigenvalue weighted by molar-refractivity contribution is 5.64. The van der Waals surface area contributed by atoms with Crippen LogP contribution in [0.5, 0.6) is 0 Å². The predicted octanol–water partition coefficient (Wildman–Crippen LogP) is 6.23. The lowest BCUT2D eigenvalue weighted by Gasteiger charge is -2.42. The number of hydrogen-bond donors (Lipinski definition) is 2. The maximum absolute atomic E-state index is 9.51. The quantitative estimate of drug-likeness (QED) is 0.273. The van der Waals surface area contributed by atoms with Crippen molar-refractivity contribution in [2.45, 2.75) is 45.1 Å². The summed E-state index contributed by atoms with van der Waals surface area (Å²) in [6.45, 7) is 4.39. The van der Waals surface area contributed by atoms with Gasteiger partial charge in [-0.2, -0.15) is 0 Å². The minimum atomic E-state index is -0.483. The first-order valence-electron chi connectivity index (χ1n) is 13.7. The highest BCUT2D eigenvalue weighted by Crippen LogP contribution is 2.42. The van der Waals surface area contributed by atoms with Crippen LogP contribution in [0.1, 0.15) is 47.1 Å². The number of benzene rings is 4.